The number of nitrogens with zero attached hydrogens (tertiary/aromatic N) is 2. The van der Waals surface area contributed by atoms with Crippen LogP contribution in [0.5, 0.6) is 0 Å². The van der Waals surface area contributed by atoms with Gasteiger partial charge in [-0.1, -0.05) is 48.5 Å². The van der Waals surface area contributed by atoms with Crippen molar-refractivity contribution in [3.8, 4) is 6.07 Å². The van der Waals surface area contributed by atoms with E-state index in [9.17, 15) is 5.26 Å². The number of hydrogen-bond donors (Lipinski definition) is 0. The van der Waals surface area contributed by atoms with Crippen LogP contribution in [-0.4, -0.2) is 6.54 Å². The topological polar surface area (TPSA) is 27.0 Å². The lowest BCUT2D eigenvalue weighted by Gasteiger charge is -2.29. The number of benzene rings is 2. The maximum Gasteiger partial charge on any atom is 0.142 e. The lowest BCUT2D eigenvalue weighted by molar-refractivity contribution is 0.682. The largest absolute Gasteiger partial charge is 0.352 e. The molecule has 20 heavy (non-hydrogen) atoms. The Kier molecular flexibility index (Phi) is 3.69. The molecule has 1 unspecified atom stereocenters. The van der Waals surface area contributed by atoms with Gasteiger partial charge in [0.05, 0.1) is 6.07 Å². The van der Waals surface area contributed by atoms with Crippen LogP contribution in [0, 0.1) is 11.3 Å². The van der Waals surface area contributed by atoms with Gasteiger partial charge in [0.15, 0.2) is 0 Å². The van der Waals surface area contributed by atoms with E-state index in [-0.39, 0.29) is 6.04 Å². The molecule has 0 bridgehead atoms. The lowest BCUT2D eigenvalue weighted by atomic mass is 10.0. The highest BCUT2D eigenvalue weighted by atomic mass is 15.2. The highest BCUT2D eigenvalue weighted by Gasteiger charge is 2.23. The van der Waals surface area contributed by atoms with Gasteiger partial charge in [0.2, 0.25) is 0 Å². The van der Waals surface area contributed by atoms with E-state index in [0.29, 0.717) is 0 Å². The third kappa shape index (κ3) is 2.40. The molecule has 100 valence electrons. The summed E-state index contributed by atoms with van der Waals surface area (Å²) in [6.45, 7) is 0.949. The Morgan fingerprint density at radius 2 is 1.70 bits per heavy atom. The number of nitriles is 1. The number of fused-ring (bicyclic) bond motifs is 1. The Morgan fingerprint density at radius 3 is 2.50 bits per heavy atom. The summed E-state index contributed by atoms with van der Waals surface area (Å²) >= 11 is 0. The normalized spacial score (nSPS) is 15.8. The average Bonchev–Trinajstić information content (AvgIpc) is 2.72. The van der Waals surface area contributed by atoms with Gasteiger partial charge in [0.1, 0.15) is 6.04 Å². The van der Waals surface area contributed by atoms with Crippen molar-refractivity contribution in [1.29, 1.82) is 5.26 Å². The first-order valence-electron chi connectivity index (χ1n) is 7.19. The van der Waals surface area contributed by atoms with Gasteiger partial charge < -0.3 is 4.90 Å². The van der Waals surface area contributed by atoms with E-state index in [1.165, 1.54) is 17.7 Å². The maximum absolute atomic E-state index is 9.66. The van der Waals surface area contributed by atoms with Crippen molar-refractivity contribution in [3.63, 3.8) is 0 Å². The van der Waals surface area contributed by atoms with Crippen molar-refractivity contribution in [2.45, 2.75) is 25.3 Å². The van der Waals surface area contributed by atoms with Crippen LogP contribution >= 0.6 is 0 Å². The van der Waals surface area contributed by atoms with Crippen LogP contribution in [0.4, 0.5) is 5.69 Å². The smallest absolute Gasteiger partial charge is 0.142 e. The highest BCUT2D eigenvalue weighted by molar-refractivity contribution is 5.57. The maximum atomic E-state index is 9.66. The molecule has 0 spiro atoms. The molecule has 1 aliphatic rings. The number of hydrogen-bond acceptors (Lipinski definition) is 2. The van der Waals surface area contributed by atoms with Gasteiger partial charge in [-0.05, 0) is 36.5 Å². The van der Waals surface area contributed by atoms with Crippen LogP contribution in [-0.2, 0) is 6.42 Å². The van der Waals surface area contributed by atoms with Crippen molar-refractivity contribution in [2.75, 3.05) is 11.4 Å². The lowest BCUT2D eigenvalue weighted by Crippen LogP contribution is -2.28. The summed E-state index contributed by atoms with van der Waals surface area (Å²) in [7, 11) is 0. The summed E-state index contributed by atoms with van der Waals surface area (Å²) in [5, 5.41) is 9.66. The molecule has 0 N–H and O–H groups in total. The minimum atomic E-state index is -0.199. The molecule has 3 rings (SSSR count). The molecule has 0 amide bonds. The molecule has 0 saturated carbocycles. The van der Waals surface area contributed by atoms with E-state index >= 15 is 0 Å². The quantitative estimate of drug-likeness (QED) is 0.815. The first kappa shape index (κ1) is 12.7. The number of rotatable bonds is 2. The second-order valence-electron chi connectivity index (χ2n) is 5.22. The van der Waals surface area contributed by atoms with E-state index in [1.807, 2.05) is 30.3 Å². The van der Waals surface area contributed by atoms with Crippen LogP contribution < -0.4 is 4.90 Å². The fraction of sp³-hybridized carbons (Fsp3) is 0.278. The first-order valence-corrected chi connectivity index (χ1v) is 7.19. The second kappa shape index (κ2) is 5.79. The molecular formula is C18H18N2. The summed E-state index contributed by atoms with van der Waals surface area (Å²) in [6.07, 6.45) is 3.44. The summed E-state index contributed by atoms with van der Waals surface area (Å²) in [5.74, 6) is 0. The van der Waals surface area contributed by atoms with Gasteiger partial charge in [-0.3, -0.25) is 0 Å². The van der Waals surface area contributed by atoms with Crippen molar-refractivity contribution in [3.05, 3.63) is 65.7 Å². The van der Waals surface area contributed by atoms with Crippen molar-refractivity contribution < 1.29 is 0 Å². The molecule has 2 nitrogen and oxygen atoms in total. The monoisotopic (exact) mass is 262 g/mol. The van der Waals surface area contributed by atoms with E-state index in [0.717, 1.165) is 24.9 Å². The minimum Gasteiger partial charge on any atom is -0.352 e. The Hall–Kier alpha value is -2.27. The minimum absolute atomic E-state index is 0.199. The molecule has 1 heterocycles. The van der Waals surface area contributed by atoms with Gasteiger partial charge in [-0.2, -0.15) is 5.26 Å². The van der Waals surface area contributed by atoms with Crippen molar-refractivity contribution in [2.24, 2.45) is 0 Å². The molecule has 0 aliphatic carbocycles. The fourth-order valence-corrected chi connectivity index (χ4v) is 2.95. The van der Waals surface area contributed by atoms with Gasteiger partial charge in [-0.15, -0.1) is 0 Å². The molecule has 0 saturated heterocycles. The molecule has 2 heteroatoms. The third-order valence-corrected chi connectivity index (χ3v) is 3.95. The summed E-state index contributed by atoms with van der Waals surface area (Å²) in [5.41, 5.74) is 3.66. The predicted octanol–water partition coefficient (Wildman–Crippen LogP) is 4.09. The third-order valence-electron chi connectivity index (χ3n) is 3.95. The van der Waals surface area contributed by atoms with E-state index in [1.54, 1.807) is 0 Å². The molecule has 1 aliphatic heterocycles. The predicted molar refractivity (Wildman–Crippen MR) is 81.5 cm³/mol. The van der Waals surface area contributed by atoms with Crippen molar-refractivity contribution >= 4 is 5.69 Å². The van der Waals surface area contributed by atoms with Crippen LogP contribution in [0.3, 0.4) is 0 Å². The van der Waals surface area contributed by atoms with Crippen LogP contribution in [0.2, 0.25) is 0 Å². The summed E-state index contributed by atoms with van der Waals surface area (Å²) in [4.78, 5) is 2.26. The Labute approximate surface area is 120 Å². The Morgan fingerprint density at radius 1 is 0.950 bits per heavy atom. The van der Waals surface area contributed by atoms with Crippen LogP contribution in [0.1, 0.15) is 30.0 Å². The van der Waals surface area contributed by atoms with Gasteiger partial charge in [0.25, 0.3) is 0 Å². The zero-order chi connectivity index (χ0) is 13.8. The van der Waals surface area contributed by atoms with Crippen molar-refractivity contribution in [1.82, 2.24) is 0 Å². The molecule has 1 atom stereocenters. The van der Waals surface area contributed by atoms with E-state index in [2.05, 4.69) is 35.2 Å². The molecule has 0 aromatic heterocycles. The van der Waals surface area contributed by atoms with E-state index in [4.69, 9.17) is 0 Å². The summed E-state index contributed by atoms with van der Waals surface area (Å²) < 4.78 is 0. The Bertz CT molecular complexity index is 613. The number of aryl methyl sites for hydroxylation is 1. The first-order chi connectivity index (χ1) is 9.90. The molecule has 0 fully saturated rings. The van der Waals surface area contributed by atoms with Gasteiger partial charge >= 0.3 is 0 Å². The SMILES string of the molecule is N#CC(c1ccccc1)N1CCCCc2ccccc21. The standard InChI is InChI=1S/C18H18N2/c19-14-18(16-8-2-1-3-9-16)20-13-7-6-11-15-10-4-5-12-17(15)20/h1-5,8-10,12,18H,6-7,11,13H2. The highest BCUT2D eigenvalue weighted by Crippen LogP contribution is 2.32. The molecule has 2 aromatic rings. The molecule has 0 radical (unpaired) electrons. The zero-order valence-electron chi connectivity index (χ0n) is 11.5. The van der Waals surface area contributed by atoms with Crippen LogP contribution in [0.15, 0.2) is 54.6 Å². The second-order valence-corrected chi connectivity index (χ2v) is 5.22. The number of anilines is 1. The summed E-state index contributed by atoms with van der Waals surface area (Å²) in [6, 6.07) is 20.9. The van der Waals surface area contributed by atoms with Crippen LogP contribution in [0.25, 0.3) is 0 Å². The Balaban J connectivity index is 2.02. The molecule has 2 aromatic carbocycles. The number of para-hydroxylation sites is 1. The zero-order valence-corrected chi connectivity index (χ0v) is 11.5. The fourth-order valence-electron chi connectivity index (χ4n) is 2.95. The van der Waals surface area contributed by atoms with E-state index < -0.39 is 0 Å². The van der Waals surface area contributed by atoms with Gasteiger partial charge in [0, 0.05) is 12.2 Å². The average molecular weight is 262 g/mol. The van der Waals surface area contributed by atoms with Gasteiger partial charge in [-0.25, -0.2) is 0 Å². The molecular weight excluding hydrogens is 244 g/mol.